The molecule has 0 saturated heterocycles. The Hall–Kier alpha value is -3.35. The average molecular weight is 406 g/mol. The fourth-order valence-electron chi connectivity index (χ4n) is 3.67. The molecule has 154 valence electrons. The molecule has 0 fully saturated rings. The molecule has 3 aromatic rings. The van der Waals surface area contributed by atoms with Gasteiger partial charge in [-0.1, -0.05) is 18.2 Å². The zero-order valence-corrected chi connectivity index (χ0v) is 16.8. The molecule has 0 N–H and O–H groups in total. The van der Waals surface area contributed by atoms with Crippen LogP contribution in [0.25, 0.3) is 11.1 Å². The van der Waals surface area contributed by atoms with Crippen molar-refractivity contribution in [3.8, 4) is 11.1 Å². The van der Waals surface area contributed by atoms with Gasteiger partial charge < -0.3 is 0 Å². The van der Waals surface area contributed by atoms with Gasteiger partial charge in [-0.3, -0.25) is 19.5 Å². The second-order valence-corrected chi connectivity index (χ2v) is 7.53. The third kappa shape index (κ3) is 4.45. The van der Waals surface area contributed by atoms with E-state index in [2.05, 4.69) is 10.1 Å². The summed E-state index contributed by atoms with van der Waals surface area (Å²) in [5.41, 5.74) is 3.27. The van der Waals surface area contributed by atoms with E-state index in [1.54, 1.807) is 29.3 Å². The largest absolute Gasteiger partial charge is 0.299 e. The minimum absolute atomic E-state index is 0.0212. The van der Waals surface area contributed by atoms with Crippen molar-refractivity contribution in [3.05, 3.63) is 65.9 Å². The molecule has 4 rings (SSSR count). The molecule has 1 aliphatic rings. The van der Waals surface area contributed by atoms with Crippen LogP contribution in [0.5, 0.6) is 0 Å². The van der Waals surface area contributed by atoms with Gasteiger partial charge in [-0.15, -0.1) is 0 Å². The van der Waals surface area contributed by atoms with E-state index in [0.29, 0.717) is 12.2 Å². The number of ketones is 1. The van der Waals surface area contributed by atoms with Crippen LogP contribution >= 0.6 is 0 Å². The molecule has 0 saturated carbocycles. The Bertz CT molecular complexity index is 1060. The number of aromatic nitrogens is 3. The first-order valence-electron chi connectivity index (χ1n) is 10.1. The van der Waals surface area contributed by atoms with Gasteiger partial charge >= 0.3 is 0 Å². The van der Waals surface area contributed by atoms with E-state index in [0.717, 1.165) is 35.6 Å². The van der Waals surface area contributed by atoms with Crippen molar-refractivity contribution in [2.24, 2.45) is 0 Å². The van der Waals surface area contributed by atoms with E-state index in [9.17, 15) is 14.0 Å². The molecule has 30 heavy (non-hydrogen) atoms. The third-order valence-corrected chi connectivity index (χ3v) is 5.21. The number of carbonyl (C=O) groups is 2. The highest BCUT2D eigenvalue weighted by atomic mass is 19.1. The summed E-state index contributed by atoms with van der Waals surface area (Å²) in [6, 6.07) is 11.8. The van der Waals surface area contributed by atoms with Crippen LogP contribution in [0.15, 0.2) is 48.7 Å². The van der Waals surface area contributed by atoms with E-state index in [-0.39, 0.29) is 36.8 Å². The highest BCUT2D eigenvalue weighted by Gasteiger charge is 2.24. The maximum absolute atomic E-state index is 13.0. The number of hydrogen-bond donors (Lipinski definition) is 0. The summed E-state index contributed by atoms with van der Waals surface area (Å²) in [5.74, 6) is 0.456. The van der Waals surface area contributed by atoms with Gasteiger partial charge in [0.1, 0.15) is 17.4 Å². The summed E-state index contributed by atoms with van der Waals surface area (Å²) in [4.78, 5) is 31.1. The Morgan fingerprint density at radius 1 is 1.03 bits per heavy atom. The first-order chi connectivity index (χ1) is 14.5. The molecule has 0 bridgehead atoms. The second-order valence-electron chi connectivity index (χ2n) is 7.53. The van der Waals surface area contributed by atoms with Gasteiger partial charge in [-0.25, -0.2) is 9.07 Å². The minimum atomic E-state index is -0.285. The molecular weight excluding hydrogens is 383 g/mol. The van der Waals surface area contributed by atoms with Gasteiger partial charge in [-0.2, -0.15) is 5.10 Å². The maximum Gasteiger partial charge on any atom is 0.228 e. The van der Waals surface area contributed by atoms with Crippen molar-refractivity contribution in [1.29, 1.82) is 0 Å². The van der Waals surface area contributed by atoms with Crippen molar-refractivity contribution in [1.82, 2.24) is 14.8 Å². The number of Topliss-reactive ketones (excluding diaryl/α,β-unsaturated/α-hetero) is 1. The lowest BCUT2D eigenvalue weighted by atomic mass is 10.1. The monoisotopic (exact) mass is 406 g/mol. The number of anilines is 1. The third-order valence-electron chi connectivity index (χ3n) is 5.21. The van der Waals surface area contributed by atoms with E-state index in [1.807, 2.05) is 23.7 Å². The van der Waals surface area contributed by atoms with Crippen molar-refractivity contribution < 1.29 is 14.0 Å². The zero-order chi connectivity index (χ0) is 21.1. The van der Waals surface area contributed by atoms with Gasteiger partial charge in [-0.05, 0) is 37.1 Å². The Morgan fingerprint density at radius 3 is 2.53 bits per heavy atom. The molecule has 2 aromatic heterocycles. The quantitative estimate of drug-likeness (QED) is 0.626. The lowest BCUT2D eigenvalue weighted by Gasteiger charge is -2.27. The molecule has 0 atom stereocenters. The zero-order valence-electron chi connectivity index (χ0n) is 16.8. The minimum Gasteiger partial charge on any atom is -0.299 e. The number of nitrogens with zero attached hydrogens (tertiary/aromatic N) is 4. The molecule has 0 unspecified atom stereocenters. The van der Waals surface area contributed by atoms with Gasteiger partial charge in [0.25, 0.3) is 0 Å². The molecular formula is C23H23FN4O2. The van der Waals surface area contributed by atoms with Crippen molar-refractivity contribution in [3.63, 3.8) is 0 Å². The standard InChI is InChI=1S/C23H23FN4O2/c1-16-13-22-27(11-2-12-28(22)26-16)23(30)10-9-21(29)14-20-8-5-18(15-25-20)17-3-6-19(24)7-4-17/h3-8,13,15H,2,9-12,14H2,1H3. The van der Waals surface area contributed by atoms with Crippen LogP contribution in [0.3, 0.4) is 0 Å². The molecule has 7 heteroatoms. The molecule has 1 aliphatic heterocycles. The molecule has 3 heterocycles. The highest BCUT2D eigenvalue weighted by Crippen LogP contribution is 2.23. The van der Waals surface area contributed by atoms with Crippen LogP contribution in [0.4, 0.5) is 10.2 Å². The predicted octanol–water partition coefficient (Wildman–Crippen LogP) is 3.72. The van der Waals surface area contributed by atoms with E-state index < -0.39 is 0 Å². The van der Waals surface area contributed by atoms with Crippen LogP contribution in [0.2, 0.25) is 0 Å². The summed E-state index contributed by atoms with van der Waals surface area (Å²) >= 11 is 0. The summed E-state index contributed by atoms with van der Waals surface area (Å²) < 4.78 is 14.9. The van der Waals surface area contributed by atoms with Gasteiger partial charge in [0.15, 0.2) is 0 Å². The lowest BCUT2D eigenvalue weighted by molar-refractivity contribution is -0.123. The fraction of sp³-hybridized carbons (Fsp3) is 0.304. The highest BCUT2D eigenvalue weighted by molar-refractivity contribution is 5.95. The van der Waals surface area contributed by atoms with Crippen LogP contribution < -0.4 is 4.90 Å². The first kappa shape index (κ1) is 19.9. The SMILES string of the molecule is Cc1cc2n(n1)CCCN2C(=O)CCC(=O)Cc1ccc(-c2ccc(F)cc2)cn1. The maximum atomic E-state index is 13.0. The molecule has 6 nitrogen and oxygen atoms in total. The number of amides is 1. The topological polar surface area (TPSA) is 68.1 Å². The molecule has 0 radical (unpaired) electrons. The molecule has 1 aromatic carbocycles. The summed E-state index contributed by atoms with van der Waals surface area (Å²) in [5, 5.41) is 4.40. The fourth-order valence-corrected chi connectivity index (χ4v) is 3.67. The van der Waals surface area contributed by atoms with Crippen molar-refractivity contribution >= 4 is 17.5 Å². The second kappa shape index (κ2) is 8.57. The number of rotatable bonds is 6. The number of fused-ring (bicyclic) bond motifs is 1. The average Bonchev–Trinajstić information content (AvgIpc) is 3.13. The van der Waals surface area contributed by atoms with Crippen LogP contribution in [0.1, 0.15) is 30.7 Å². The smallest absolute Gasteiger partial charge is 0.228 e. The summed E-state index contributed by atoms with van der Waals surface area (Å²) in [7, 11) is 0. The number of halogens is 1. The first-order valence-corrected chi connectivity index (χ1v) is 10.1. The Kier molecular flexibility index (Phi) is 5.70. The Labute approximate surface area is 174 Å². The Morgan fingerprint density at radius 2 is 1.80 bits per heavy atom. The Balaban J connectivity index is 1.32. The number of aryl methyl sites for hydroxylation is 2. The molecule has 1 amide bonds. The van der Waals surface area contributed by atoms with E-state index in [1.165, 1.54) is 12.1 Å². The lowest BCUT2D eigenvalue weighted by Crippen LogP contribution is -2.37. The summed E-state index contributed by atoms with van der Waals surface area (Å²) in [6.45, 7) is 3.38. The van der Waals surface area contributed by atoms with Gasteiger partial charge in [0.05, 0.1) is 5.69 Å². The molecule has 0 aliphatic carbocycles. The van der Waals surface area contributed by atoms with Gasteiger partial charge in [0, 0.05) is 55.9 Å². The van der Waals surface area contributed by atoms with E-state index >= 15 is 0 Å². The van der Waals surface area contributed by atoms with Crippen LogP contribution in [-0.2, 0) is 22.6 Å². The predicted molar refractivity (Wildman–Crippen MR) is 112 cm³/mol. The van der Waals surface area contributed by atoms with Crippen LogP contribution in [0, 0.1) is 12.7 Å². The molecule has 0 spiro atoms. The van der Waals surface area contributed by atoms with Crippen LogP contribution in [-0.4, -0.2) is 33.0 Å². The van der Waals surface area contributed by atoms with Crippen molar-refractivity contribution in [2.45, 2.75) is 39.2 Å². The summed E-state index contributed by atoms with van der Waals surface area (Å²) in [6.07, 6.45) is 3.09. The van der Waals surface area contributed by atoms with Crippen molar-refractivity contribution in [2.75, 3.05) is 11.4 Å². The van der Waals surface area contributed by atoms with Gasteiger partial charge in [0.2, 0.25) is 5.91 Å². The van der Waals surface area contributed by atoms with E-state index in [4.69, 9.17) is 0 Å². The number of pyridine rings is 1. The number of benzene rings is 1. The normalized spacial score (nSPS) is 13.2. The number of hydrogen-bond acceptors (Lipinski definition) is 4. The number of carbonyl (C=O) groups excluding carboxylic acids is 2.